The molecule has 1 aromatic heterocycles. The van der Waals surface area contributed by atoms with Crippen LogP contribution in [0, 0.1) is 0 Å². The molecule has 5 heteroatoms. The first-order valence-electron chi connectivity index (χ1n) is 6.39. The highest BCUT2D eigenvalue weighted by molar-refractivity contribution is 6.34. The third kappa shape index (κ3) is 2.46. The van der Waals surface area contributed by atoms with E-state index in [1.807, 2.05) is 12.1 Å². The molecule has 0 aliphatic carbocycles. The molecule has 0 amide bonds. The molecule has 1 N–H and O–H groups in total. The van der Waals surface area contributed by atoms with Crippen molar-refractivity contribution in [1.29, 1.82) is 0 Å². The van der Waals surface area contributed by atoms with Crippen molar-refractivity contribution in [3.05, 3.63) is 39.6 Å². The summed E-state index contributed by atoms with van der Waals surface area (Å²) in [5, 5.41) is 1.70. The zero-order valence-corrected chi connectivity index (χ0v) is 11.6. The number of nitrogens with zero attached hydrogens (tertiary/aromatic N) is 2. The van der Waals surface area contributed by atoms with Crippen LogP contribution in [-0.2, 0) is 0 Å². The van der Waals surface area contributed by atoms with Gasteiger partial charge in [0.1, 0.15) is 0 Å². The van der Waals surface area contributed by atoms with Crippen molar-refractivity contribution in [3.63, 3.8) is 0 Å². The van der Waals surface area contributed by atoms with E-state index in [2.05, 4.69) is 21.8 Å². The van der Waals surface area contributed by atoms with Gasteiger partial charge in [-0.25, -0.2) is 0 Å². The molecule has 1 aromatic carbocycles. The Morgan fingerprint density at radius 2 is 1.89 bits per heavy atom. The van der Waals surface area contributed by atoms with E-state index in [9.17, 15) is 4.79 Å². The smallest absolute Gasteiger partial charge is 0.248 e. The van der Waals surface area contributed by atoms with Crippen molar-refractivity contribution in [2.45, 2.75) is 0 Å². The molecular formula is C14H16ClN3O. The molecule has 1 fully saturated rings. The van der Waals surface area contributed by atoms with Crippen LogP contribution in [0.2, 0.25) is 5.02 Å². The lowest BCUT2D eigenvalue weighted by atomic mass is 10.1. The van der Waals surface area contributed by atoms with Gasteiger partial charge in [0.15, 0.2) is 0 Å². The Labute approximate surface area is 116 Å². The van der Waals surface area contributed by atoms with Crippen LogP contribution in [0.1, 0.15) is 0 Å². The Kier molecular flexibility index (Phi) is 3.21. The second kappa shape index (κ2) is 4.87. The van der Waals surface area contributed by atoms with Gasteiger partial charge in [-0.1, -0.05) is 11.6 Å². The lowest BCUT2D eigenvalue weighted by molar-refractivity contribution is 0.313. The van der Waals surface area contributed by atoms with E-state index in [0.717, 1.165) is 47.8 Å². The van der Waals surface area contributed by atoms with Crippen LogP contribution >= 0.6 is 11.6 Å². The maximum Gasteiger partial charge on any atom is 0.248 e. The summed E-state index contributed by atoms with van der Waals surface area (Å²) in [4.78, 5) is 18.8. The van der Waals surface area contributed by atoms with Crippen LogP contribution < -0.4 is 10.5 Å². The molecule has 0 radical (unpaired) electrons. The molecule has 0 unspecified atom stereocenters. The third-order valence-corrected chi connectivity index (χ3v) is 3.94. The van der Waals surface area contributed by atoms with Crippen LogP contribution in [0.3, 0.4) is 0 Å². The van der Waals surface area contributed by atoms with Gasteiger partial charge in [-0.3, -0.25) is 4.79 Å². The minimum Gasteiger partial charge on any atom is -0.368 e. The second-order valence-corrected chi connectivity index (χ2v) is 5.41. The topological polar surface area (TPSA) is 39.3 Å². The predicted octanol–water partition coefficient (Wildman–Crippen LogP) is 1.93. The molecule has 100 valence electrons. The number of hydrogen-bond acceptors (Lipinski definition) is 3. The lowest BCUT2D eigenvalue weighted by Crippen LogP contribution is -2.44. The zero-order chi connectivity index (χ0) is 13.4. The number of benzene rings is 1. The summed E-state index contributed by atoms with van der Waals surface area (Å²) in [5.41, 5.74) is 1.76. The highest BCUT2D eigenvalue weighted by Crippen LogP contribution is 2.30. The molecule has 0 bridgehead atoms. The molecule has 4 nitrogen and oxygen atoms in total. The Hall–Kier alpha value is -1.52. The van der Waals surface area contributed by atoms with Crippen molar-refractivity contribution in [1.82, 2.24) is 9.88 Å². The van der Waals surface area contributed by atoms with Crippen LogP contribution in [0.5, 0.6) is 0 Å². The molecule has 0 atom stereocenters. The molecular weight excluding hydrogens is 262 g/mol. The van der Waals surface area contributed by atoms with Crippen LogP contribution in [-0.4, -0.2) is 43.1 Å². The molecule has 1 aliphatic rings. The first kappa shape index (κ1) is 12.5. The van der Waals surface area contributed by atoms with Crippen molar-refractivity contribution in [2.75, 3.05) is 38.1 Å². The van der Waals surface area contributed by atoms with E-state index < -0.39 is 0 Å². The summed E-state index contributed by atoms with van der Waals surface area (Å²) in [5.74, 6) is 0. The maximum absolute atomic E-state index is 11.4. The fraction of sp³-hybridized carbons (Fsp3) is 0.357. The number of hydrogen-bond donors (Lipinski definition) is 1. The fourth-order valence-electron chi connectivity index (χ4n) is 2.45. The molecule has 1 saturated heterocycles. The van der Waals surface area contributed by atoms with E-state index in [1.165, 1.54) is 6.07 Å². The first-order chi connectivity index (χ1) is 9.13. The summed E-state index contributed by atoms with van der Waals surface area (Å²) in [6.45, 7) is 3.97. The van der Waals surface area contributed by atoms with Crippen molar-refractivity contribution < 1.29 is 0 Å². The minimum absolute atomic E-state index is 0.0841. The lowest BCUT2D eigenvalue weighted by Gasteiger charge is -2.34. The second-order valence-electron chi connectivity index (χ2n) is 5.00. The Balaban J connectivity index is 2.03. The molecule has 1 aliphatic heterocycles. The molecule has 0 saturated carbocycles. The Morgan fingerprint density at radius 1 is 1.16 bits per heavy atom. The average molecular weight is 278 g/mol. The van der Waals surface area contributed by atoms with Crippen molar-refractivity contribution in [3.8, 4) is 0 Å². The highest BCUT2D eigenvalue weighted by Gasteiger charge is 2.17. The number of anilines is 1. The van der Waals surface area contributed by atoms with Gasteiger partial charge in [0, 0.05) is 32.2 Å². The van der Waals surface area contributed by atoms with Gasteiger partial charge in [0.2, 0.25) is 5.56 Å². The summed E-state index contributed by atoms with van der Waals surface area (Å²) >= 11 is 6.37. The van der Waals surface area contributed by atoms with Gasteiger partial charge in [0.05, 0.1) is 16.2 Å². The van der Waals surface area contributed by atoms with Gasteiger partial charge in [-0.15, -0.1) is 0 Å². The predicted molar refractivity (Wildman–Crippen MR) is 79.3 cm³/mol. The Morgan fingerprint density at radius 3 is 2.63 bits per heavy atom. The summed E-state index contributed by atoms with van der Waals surface area (Å²) in [6, 6.07) is 7.22. The Bertz CT molecular complexity index is 659. The number of pyridine rings is 1. The zero-order valence-electron chi connectivity index (χ0n) is 10.8. The number of aromatic nitrogens is 1. The first-order valence-corrected chi connectivity index (χ1v) is 6.77. The fourth-order valence-corrected chi connectivity index (χ4v) is 2.74. The summed E-state index contributed by atoms with van der Waals surface area (Å²) in [7, 11) is 2.12. The number of H-pyrrole nitrogens is 1. The largest absolute Gasteiger partial charge is 0.368 e. The highest BCUT2D eigenvalue weighted by atomic mass is 35.5. The van der Waals surface area contributed by atoms with E-state index in [1.54, 1.807) is 6.07 Å². The van der Waals surface area contributed by atoms with Crippen LogP contribution in [0.15, 0.2) is 29.1 Å². The SMILES string of the molecule is CN1CCN(c2cc3[nH]c(=O)ccc3cc2Cl)CC1. The van der Waals surface area contributed by atoms with Gasteiger partial charge in [-0.05, 0) is 30.6 Å². The number of halogens is 1. The maximum atomic E-state index is 11.4. The van der Waals surface area contributed by atoms with Crippen molar-refractivity contribution >= 4 is 28.2 Å². The van der Waals surface area contributed by atoms with Crippen LogP contribution in [0.25, 0.3) is 10.9 Å². The van der Waals surface area contributed by atoms with Crippen molar-refractivity contribution in [2.24, 2.45) is 0 Å². The van der Waals surface area contributed by atoms with E-state index in [-0.39, 0.29) is 5.56 Å². The number of piperazine rings is 1. The van der Waals surface area contributed by atoms with E-state index >= 15 is 0 Å². The third-order valence-electron chi connectivity index (χ3n) is 3.64. The van der Waals surface area contributed by atoms with Gasteiger partial charge in [-0.2, -0.15) is 0 Å². The van der Waals surface area contributed by atoms with Gasteiger partial charge in [0.25, 0.3) is 0 Å². The average Bonchev–Trinajstić information content (AvgIpc) is 2.40. The normalized spacial score (nSPS) is 17.1. The number of fused-ring (bicyclic) bond motifs is 1. The molecule has 19 heavy (non-hydrogen) atoms. The van der Waals surface area contributed by atoms with Crippen LogP contribution in [0.4, 0.5) is 5.69 Å². The molecule has 2 heterocycles. The number of nitrogens with one attached hydrogen (secondary N) is 1. The number of rotatable bonds is 1. The number of likely N-dealkylation sites (N-methyl/N-ethyl adjacent to an activating group) is 1. The summed E-state index contributed by atoms with van der Waals surface area (Å²) in [6.07, 6.45) is 0. The van der Waals surface area contributed by atoms with E-state index in [4.69, 9.17) is 11.6 Å². The quantitative estimate of drug-likeness (QED) is 0.866. The molecule has 0 spiro atoms. The standard InChI is InChI=1S/C14H16ClN3O/c1-17-4-6-18(7-5-17)13-9-12-10(8-11(13)15)2-3-14(19)16-12/h2-3,8-9H,4-7H2,1H3,(H,16,19). The molecule has 3 rings (SSSR count). The molecule has 2 aromatic rings. The monoisotopic (exact) mass is 277 g/mol. The minimum atomic E-state index is -0.0841. The number of aromatic amines is 1. The summed E-state index contributed by atoms with van der Waals surface area (Å²) < 4.78 is 0. The van der Waals surface area contributed by atoms with Gasteiger partial charge < -0.3 is 14.8 Å². The van der Waals surface area contributed by atoms with E-state index in [0.29, 0.717) is 0 Å². The van der Waals surface area contributed by atoms with Gasteiger partial charge >= 0.3 is 0 Å².